The number of halogens is 1. The first kappa shape index (κ1) is 21.7. The van der Waals surface area contributed by atoms with Crippen LogP contribution in [0.3, 0.4) is 0 Å². The van der Waals surface area contributed by atoms with Gasteiger partial charge in [0, 0.05) is 34.1 Å². The lowest BCUT2D eigenvalue weighted by molar-refractivity contribution is -0.117. The number of nitrogens with one attached hydrogen (secondary N) is 1. The summed E-state index contributed by atoms with van der Waals surface area (Å²) >= 11 is 0. The minimum atomic E-state index is -0.397. The molecule has 9 heteroatoms. The van der Waals surface area contributed by atoms with Gasteiger partial charge in [-0.3, -0.25) is 9.59 Å². The van der Waals surface area contributed by atoms with Gasteiger partial charge in [0.2, 0.25) is 5.91 Å². The third kappa shape index (κ3) is 3.89. The number of hydrogen-bond acceptors (Lipinski definition) is 5. The van der Waals surface area contributed by atoms with Gasteiger partial charge in [-0.1, -0.05) is 18.2 Å². The van der Waals surface area contributed by atoms with Gasteiger partial charge in [0.05, 0.1) is 18.1 Å². The zero-order valence-corrected chi connectivity index (χ0v) is 18.8. The molecule has 5 rings (SSSR count). The smallest absolute Gasteiger partial charge is 0.276 e. The van der Waals surface area contributed by atoms with Crippen LogP contribution in [0.1, 0.15) is 17.0 Å². The third-order valence-corrected chi connectivity index (χ3v) is 6.01. The normalized spacial score (nSPS) is 12.7. The molecule has 34 heavy (non-hydrogen) atoms. The van der Waals surface area contributed by atoms with Crippen molar-refractivity contribution in [1.82, 2.24) is 14.3 Å². The molecule has 0 radical (unpaired) electrons. The molecule has 8 nitrogen and oxygen atoms in total. The van der Waals surface area contributed by atoms with Gasteiger partial charge >= 0.3 is 0 Å². The van der Waals surface area contributed by atoms with Crippen LogP contribution in [0.15, 0.2) is 53.5 Å². The average molecular weight is 462 g/mol. The van der Waals surface area contributed by atoms with Crippen LogP contribution in [0.2, 0.25) is 0 Å². The quantitative estimate of drug-likeness (QED) is 0.491. The summed E-state index contributed by atoms with van der Waals surface area (Å²) in [6.45, 7) is 4.66. The van der Waals surface area contributed by atoms with Crippen LogP contribution in [0.25, 0.3) is 10.8 Å². The predicted octanol–water partition coefficient (Wildman–Crippen LogP) is 3.41. The van der Waals surface area contributed by atoms with Crippen LogP contribution in [0.5, 0.6) is 11.5 Å². The van der Waals surface area contributed by atoms with Crippen molar-refractivity contribution in [2.45, 2.75) is 26.9 Å². The van der Waals surface area contributed by atoms with E-state index < -0.39 is 5.91 Å². The van der Waals surface area contributed by atoms with Crippen molar-refractivity contribution in [3.63, 3.8) is 0 Å². The number of carbonyl (C=O) groups excluding carboxylic acids is 1. The lowest BCUT2D eigenvalue weighted by Gasteiger charge is -2.19. The number of benzene rings is 2. The van der Waals surface area contributed by atoms with E-state index in [4.69, 9.17) is 9.47 Å². The van der Waals surface area contributed by atoms with E-state index >= 15 is 0 Å². The summed E-state index contributed by atoms with van der Waals surface area (Å²) in [5.41, 5.74) is 2.20. The van der Waals surface area contributed by atoms with Crippen molar-refractivity contribution in [2.75, 3.05) is 18.5 Å². The summed E-state index contributed by atoms with van der Waals surface area (Å²) in [5.74, 6) is 0.484. The fourth-order valence-corrected chi connectivity index (χ4v) is 4.25. The zero-order chi connectivity index (χ0) is 23.8. The maximum atomic E-state index is 14.2. The first-order valence-electron chi connectivity index (χ1n) is 10.9. The fraction of sp³-hybridized carbons (Fsp3) is 0.240. The van der Waals surface area contributed by atoms with Crippen LogP contribution in [-0.4, -0.2) is 33.5 Å². The van der Waals surface area contributed by atoms with Gasteiger partial charge in [-0.25, -0.2) is 9.07 Å². The fourth-order valence-electron chi connectivity index (χ4n) is 4.25. The van der Waals surface area contributed by atoms with Crippen LogP contribution >= 0.6 is 0 Å². The first-order valence-corrected chi connectivity index (χ1v) is 10.9. The molecule has 1 amide bonds. The van der Waals surface area contributed by atoms with Gasteiger partial charge in [0.25, 0.3) is 5.56 Å². The highest BCUT2D eigenvalue weighted by Crippen LogP contribution is 2.32. The van der Waals surface area contributed by atoms with Gasteiger partial charge in [-0.15, -0.1) is 0 Å². The molecule has 0 saturated heterocycles. The standard InChI is InChI=1S/C25H23FN4O4/c1-15-19-12-27-30(14-23(31)28-18-7-8-21-22(11-18)34-10-9-33-21)25(32)24(19)16(2)29(15)13-17-5-3-4-6-20(17)26/h3-8,11-12H,9-10,13-14H2,1-2H3,(H,28,31). The van der Waals surface area contributed by atoms with Crippen LogP contribution in [0.4, 0.5) is 10.1 Å². The third-order valence-electron chi connectivity index (χ3n) is 6.01. The highest BCUT2D eigenvalue weighted by molar-refractivity contribution is 5.91. The summed E-state index contributed by atoms with van der Waals surface area (Å²) < 4.78 is 28.3. The van der Waals surface area contributed by atoms with Crippen molar-refractivity contribution >= 4 is 22.4 Å². The van der Waals surface area contributed by atoms with Gasteiger partial charge in [-0.05, 0) is 32.0 Å². The molecule has 0 atom stereocenters. The van der Waals surface area contributed by atoms with Crippen molar-refractivity contribution in [3.8, 4) is 11.5 Å². The maximum Gasteiger partial charge on any atom is 0.276 e. The molecule has 1 aliphatic rings. The van der Waals surface area contributed by atoms with Crippen molar-refractivity contribution in [3.05, 3.63) is 81.8 Å². The lowest BCUT2D eigenvalue weighted by Crippen LogP contribution is -2.29. The number of carbonyl (C=O) groups is 1. The molecule has 174 valence electrons. The Hall–Kier alpha value is -4.14. The average Bonchev–Trinajstić information content (AvgIpc) is 3.07. The van der Waals surface area contributed by atoms with E-state index in [2.05, 4.69) is 10.4 Å². The predicted molar refractivity (Wildman–Crippen MR) is 125 cm³/mol. The summed E-state index contributed by atoms with van der Waals surface area (Å²) in [4.78, 5) is 25.9. The Bertz CT molecular complexity index is 1470. The van der Waals surface area contributed by atoms with Crippen molar-refractivity contribution < 1.29 is 18.7 Å². The highest BCUT2D eigenvalue weighted by Gasteiger charge is 2.19. The zero-order valence-electron chi connectivity index (χ0n) is 18.8. The highest BCUT2D eigenvalue weighted by atomic mass is 19.1. The Labute approximate surface area is 194 Å². The molecule has 0 bridgehead atoms. The largest absolute Gasteiger partial charge is 0.486 e. The van der Waals surface area contributed by atoms with E-state index in [9.17, 15) is 14.0 Å². The van der Waals surface area contributed by atoms with Crippen molar-refractivity contribution in [2.24, 2.45) is 0 Å². The Morgan fingerprint density at radius 2 is 1.85 bits per heavy atom. The van der Waals surface area contributed by atoms with Gasteiger partial charge in [-0.2, -0.15) is 5.10 Å². The van der Waals surface area contributed by atoms with E-state index in [1.54, 1.807) is 42.6 Å². The minimum Gasteiger partial charge on any atom is -0.486 e. The van der Waals surface area contributed by atoms with E-state index in [1.807, 2.05) is 18.4 Å². The lowest BCUT2D eigenvalue weighted by atomic mass is 10.2. The van der Waals surface area contributed by atoms with E-state index in [0.29, 0.717) is 59.0 Å². The summed E-state index contributed by atoms with van der Waals surface area (Å²) in [6.07, 6.45) is 1.58. The maximum absolute atomic E-state index is 14.2. The second-order valence-electron chi connectivity index (χ2n) is 8.15. The molecular formula is C25H23FN4O4. The first-order chi connectivity index (χ1) is 16.4. The van der Waals surface area contributed by atoms with E-state index in [0.717, 1.165) is 10.4 Å². The molecule has 4 aromatic rings. The SMILES string of the molecule is Cc1c2cnn(CC(=O)Nc3ccc4c(c3)OCCO4)c(=O)c2c(C)n1Cc1ccccc1F. The molecule has 0 fully saturated rings. The number of rotatable bonds is 5. The minimum absolute atomic E-state index is 0.250. The second-order valence-corrected chi connectivity index (χ2v) is 8.15. The van der Waals surface area contributed by atoms with Crippen LogP contribution in [0, 0.1) is 19.7 Å². The number of aromatic nitrogens is 3. The molecular weight excluding hydrogens is 439 g/mol. The van der Waals surface area contributed by atoms with Crippen LogP contribution < -0.4 is 20.3 Å². The molecule has 3 heterocycles. The van der Waals surface area contributed by atoms with Gasteiger partial charge < -0.3 is 19.4 Å². The Morgan fingerprint density at radius 1 is 1.09 bits per heavy atom. The summed E-state index contributed by atoms with van der Waals surface area (Å²) in [5, 5.41) is 8.13. The molecule has 0 saturated carbocycles. The summed E-state index contributed by atoms with van der Waals surface area (Å²) in [7, 11) is 0. The number of nitrogens with zero attached hydrogens (tertiary/aromatic N) is 3. The van der Waals surface area contributed by atoms with E-state index in [-0.39, 0.29) is 17.9 Å². The number of amides is 1. The second kappa shape index (κ2) is 8.66. The van der Waals surface area contributed by atoms with Gasteiger partial charge in [0.15, 0.2) is 11.5 Å². The molecule has 0 spiro atoms. The van der Waals surface area contributed by atoms with Crippen LogP contribution in [-0.2, 0) is 17.9 Å². The molecule has 1 N–H and O–H groups in total. The topological polar surface area (TPSA) is 87.4 Å². The monoisotopic (exact) mass is 462 g/mol. The Balaban J connectivity index is 1.40. The Kier molecular flexibility index (Phi) is 5.53. The molecule has 2 aromatic heterocycles. The molecule has 1 aliphatic heterocycles. The molecule has 2 aromatic carbocycles. The molecule has 0 aliphatic carbocycles. The van der Waals surface area contributed by atoms with Gasteiger partial charge in [0.1, 0.15) is 25.6 Å². The number of ether oxygens (including phenoxy) is 2. The Morgan fingerprint density at radius 3 is 2.65 bits per heavy atom. The number of hydrogen-bond donors (Lipinski definition) is 1. The molecule has 0 unspecified atom stereocenters. The number of aryl methyl sites for hydroxylation is 2. The van der Waals surface area contributed by atoms with E-state index in [1.165, 1.54) is 6.07 Å². The van der Waals surface area contributed by atoms with Crippen molar-refractivity contribution in [1.29, 1.82) is 0 Å². The number of fused-ring (bicyclic) bond motifs is 2. The number of anilines is 1. The summed E-state index contributed by atoms with van der Waals surface area (Å²) in [6, 6.07) is 11.7.